The van der Waals surface area contributed by atoms with Crippen LogP contribution in [-0.4, -0.2) is 19.8 Å². The minimum atomic E-state index is -3.37. The number of rotatable bonds is 7. The molecule has 2 rings (SSSR count). The molecule has 1 aliphatic rings. The van der Waals surface area contributed by atoms with Crippen molar-refractivity contribution < 1.29 is 18.3 Å². The zero-order chi connectivity index (χ0) is 15.3. The highest BCUT2D eigenvalue weighted by Crippen LogP contribution is 2.69. The van der Waals surface area contributed by atoms with Gasteiger partial charge in [0.05, 0.1) is 13.2 Å². The van der Waals surface area contributed by atoms with Crippen molar-refractivity contribution in [2.24, 2.45) is 0 Å². The van der Waals surface area contributed by atoms with Crippen LogP contribution in [0.1, 0.15) is 44.7 Å². The van der Waals surface area contributed by atoms with E-state index in [0.717, 1.165) is 18.4 Å². The lowest BCUT2D eigenvalue weighted by atomic mass is 10.0. The summed E-state index contributed by atoms with van der Waals surface area (Å²) < 4.78 is 30.4. The van der Waals surface area contributed by atoms with Gasteiger partial charge in [-0.15, -0.1) is 0 Å². The molecular formula is C16H25O4P. The molecule has 0 bridgehead atoms. The molecule has 21 heavy (non-hydrogen) atoms. The van der Waals surface area contributed by atoms with Crippen LogP contribution in [0.3, 0.4) is 0 Å². The Morgan fingerprint density at radius 1 is 1.14 bits per heavy atom. The van der Waals surface area contributed by atoms with Crippen molar-refractivity contribution in [3.05, 3.63) is 35.4 Å². The van der Waals surface area contributed by atoms with E-state index in [4.69, 9.17) is 13.8 Å². The summed E-state index contributed by atoms with van der Waals surface area (Å²) in [6, 6.07) is 8.10. The van der Waals surface area contributed by atoms with Crippen LogP contribution in [0.4, 0.5) is 0 Å². The third-order valence-electron chi connectivity index (χ3n) is 3.85. The van der Waals surface area contributed by atoms with Gasteiger partial charge in [-0.25, -0.2) is 0 Å². The molecule has 0 aromatic heterocycles. The van der Waals surface area contributed by atoms with Gasteiger partial charge in [-0.1, -0.05) is 31.2 Å². The summed E-state index contributed by atoms with van der Waals surface area (Å²) in [5.41, 5.74) is 2.14. The van der Waals surface area contributed by atoms with Gasteiger partial charge in [0.15, 0.2) is 5.34 Å². The molecule has 0 spiro atoms. The third-order valence-corrected chi connectivity index (χ3v) is 6.55. The minimum absolute atomic E-state index is 0.343. The van der Waals surface area contributed by atoms with E-state index in [0.29, 0.717) is 26.2 Å². The molecule has 1 saturated heterocycles. The van der Waals surface area contributed by atoms with Crippen molar-refractivity contribution in [3.8, 4) is 0 Å². The van der Waals surface area contributed by atoms with Gasteiger partial charge in [0.25, 0.3) is 0 Å². The normalized spacial score (nSPS) is 22.6. The van der Waals surface area contributed by atoms with E-state index in [9.17, 15) is 4.57 Å². The molecule has 118 valence electrons. The SMILES string of the molecule is CCOP(=O)(OCC)C1(c2ccc(CC)cc2)CCCO1. The molecule has 0 N–H and O–H groups in total. The first-order chi connectivity index (χ1) is 10.1. The Kier molecular flexibility index (Phi) is 5.61. The zero-order valence-corrected chi connectivity index (χ0v) is 14.0. The molecule has 1 unspecified atom stereocenters. The van der Waals surface area contributed by atoms with E-state index in [1.54, 1.807) is 0 Å². The number of hydrogen-bond donors (Lipinski definition) is 0. The van der Waals surface area contributed by atoms with Crippen LogP contribution < -0.4 is 0 Å². The van der Waals surface area contributed by atoms with Crippen molar-refractivity contribution in [1.82, 2.24) is 0 Å². The summed E-state index contributed by atoms with van der Waals surface area (Å²) in [5.74, 6) is 0. The first-order valence-electron chi connectivity index (χ1n) is 7.74. The van der Waals surface area contributed by atoms with Gasteiger partial charge >= 0.3 is 7.60 Å². The first-order valence-corrected chi connectivity index (χ1v) is 9.28. The molecule has 1 heterocycles. The van der Waals surface area contributed by atoms with E-state index >= 15 is 0 Å². The zero-order valence-electron chi connectivity index (χ0n) is 13.1. The second-order valence-electron chi connectivity index (χ2n) is 5.12. The summed E-state index contributed by atoms with van der Waals surface area (Å²) in [5, 5.41) is -0.953. The quantitative estimate of drug-likeness (QED) is 0.696. The van der Waals surface area contributed by atoms with Gasteiger partial charge in [-0.2, -0.15) is 0 Å². The standard InChI is InChI=1S/C16H25O4P/c1-4-14-8-10-15(11-9-14)16(12-7-13-18-16)21(17,19-5-2)20-6-3/h8-11H,4-7,12-13H2,1-3H3. The topological polar surface area (TPSA) is 44.8 Å². The highest BCUT2D eigenvalue weighted by atomic mass is 31.2. The average Bonchev–Trinajstić information content (AvgIpc) is 2.99. The fourth-order valence-electron chi connectivity index (χ4n) is 2.81. The predicted octanol–water partition coefficient (Wildman–Crippen LogP) is 4.48. The summed E-state index contributed by atoms with van der Waals surface area (Å²) in [4.78, 5) is 0. The molecule has 0 radical (unpaired) electrons. The summed E-state index contributed by atoms with van der Waals surface area (Å²) >= 11 is 0. The lowest BCUT2D eigenvalue weighted by molar-refractivity contribution is 0.0320. The highest BCUT2D eigenvalue weighted by molar-refractivity contribution is 7.55. The molecule has 1 atom stereocenters. The van der Waals surface area contributed by atoms with Crippen LogP contribution in [0, 0.1) is 0 Å². The predicted molar refractivity (Wildman–Crippen MR) is 83.5 cm³/mol. The Bertz CT molecular complexity index is 482. The van der Waals surface area contributed by atoms with Crippen LogP contribution in [0.2, 0.25) is 0 Å². The van der Waals surface area contributed by atoms with E-state index in [1.807, 2.05) is 26.0 Å². The molecule has 1 aromatic carbocycles. The largest absolute Gasteiger partial charge is 0.366 e. The monoisotopic (exact) mass is 312 g/mol. The Morgan fingerprint density at radius 3 is 2.19 bits per heavy atom. The maximum atomic E-state index is 13.3. The lowest BCUT2D eigenvalue weighted by Gasteiger charge is -2.35. The Morgan fingerprint density at radius 2 is 1.76 bits per heavy atom. The molecular weight excluding hydrogens is 287 g/mol. The van der Waals surface area contributed by atoms with Crippen molar-refractivity contribution in [2.45, 2.75) is 45.4 Å². The van der Waals surface area contributed by atoms with E-state index in [-0.39, 0.29) is 0 Å². The van der Waals surface area contributed by atoms with Crippen LogP contribution >= 0.6 is 7.60 Å². The molecule has 1 aliphatic heterocycles. The van der Waals surface area contributed by atoms with Gasteiger partial charge in [0, 0.05) is 6.61 Å². The van der Waals surface area contributed by atoms with Crippen LogP contribution in [0.25, 0.3) is 0 Å². The van der Waals surface area contributed by atoms with Crippen LogP contribution in [0.5, 0.6) is 0 Å². The van der Waals surface area contributed by atoms with Crippen molar-refractivity contribution >= 4 is 7.60 Å². The number of hydrogen-bond acceptors (Lipinski definition) is 4. The summed E-state index contributed by atoms with van der Waals surface area (Å²) in [6.07, 6.45) is 2.50. The second kappa shape index (κ2) is 7.06. The fraction of sp³-hybridized carbons (Fsp3) is 0.625. The molecule has 0 saturated carbocycles. The Labute approximate surface area is 127 Å². The number of ether oxygens (including phenoxy) is 1. The van der Waals surface area contributed by atoms with E-state index in [2.05, 4.69) is 19.1 Å². The number of aryl methyl sites for hydroxylation is 1. The number of benzene rings is 1. The molecule has 1 aromatic rings. The fourth-order valence-corrected chi connectivity index (χ4v) is 5.13. The second-order valence-corrected chi connectivity index (χ2v) is 7.35. The molecule has 1 fully saturated rings. The van der Waals surface area contributed by atoms with Gasteiger partial charge in [0.2, 0.25) is 0 Å². The van der Waals surface area contributed by atoms with Crippen molar-refractivity contribution in [1.29, 1.82) is 0 Å². The lowest BCUT2D eigenvalue weighted by Crippen LogP contribution is -2.27. The average molecular weight is 312 g/mol. The van der Waals surface area contributed by atoms with Crippen molar-refractivity contribution in [2.75, 3.05) is 19.8 Å². The smallest absolute Gasteiger partial charge is 0.358 e. The van der Waals surface area contributed by atoms with Crippen LogP contribution in [-0.2, 0) is 30.1 Å². The van der Waals surface area contributed by atoms with Crippen molar-refractivity contribution in [3.63, 3.8) is 0 Å². The first kappa shape index (κ1) is 16.7. The molecule has 4 nitrogen and oxygen atoms in total. The van der Waals surface area contributed by atoms with E-state index < -0.39 is 12.9 Å². The van der Waals surface area contributed by atoms with Gasteiger partial charge < -0.3 is 13.8 Å². The summed E-state index contributed by atoms with van der Waals surface area (Å²) in [7, 11) is -3.37. The maximum Gasteiger partial charge on any atom is 0.366 e. The van der Waals surface area contributed by atoms with Crippen LogP contribution in [0.15, 0.2) is 24.3 Å². The third kappa shape index (κ3) is 3.09. The maximum absolute atomic E-state index is 13.3. The Balaban J connectivity index is 2.45. The van der Waals surface area contributed by atoms with Gasteiger partial charge in [0.1, 0.15) is 0 Å². The van der Waals surface area contributed by atoms with Gasteiger partial charge in [-0.3, -0.25) is 4.57 Å². The molecule has 0 amide bonds. The highest BCUT2D eigenvalue weighted by Gasteiger charge is 2.55. The van der Waals surface area contributed by atoms with Gasteiger partial charge in [-0.05, 0) is 44.2 Å². The molecule has 0 aliphatic carbocycles. The molecule has 5 heteroatoms. The van der Waals surface area contributed by atoms with E-state index in [1.165, 1.54) is 5.56 Å². The Hall–Kier alpha value is -0.670. The summed E-state index contributed by atoms with van der Waals surface area (Å²) in [6.45, 7) is 7.04. The minimum Gasteiger partial charge on any atom is -0.358 e.